The number of sulfone groups is 1. The summed E-state index contributed by atoms with van der Waals surface area (Å²) in [5.41, 5.74) is 0. The molecule has 1 aromatic rings. The summed E-state index contributed by atoms with van der Waals surface area (Å²) in [7, 11) is -3.77. The maximum absolute atomic E-state index is 13.3. The maximum Gasteiger partial charge on any atom is 0.244 e. The van der Waals surface area contributed by atoms with Gasteiger partial charge in [0.1, 0.15) is 0 Å². The molecule has 1 amide bonds. The monoisotopic (exact) mass is 371 g/mol. The van der Waals surface area contributed by atoms with Crippen LogP contribution in [0, 0.1) is 0 Å². The highest BCUT2D eigenvalue weighted by molar-refractivity contribution is 7.93. The third kappa shape index (κ3) is 2.95. The quantitative estimate of drug-likeness (QED) is 0.819. The Kier molecular flexibility index (Phi) is 4.91. The third-order valence-electron chi connectivity index (χ3n) is 4.97. The highest BCUT2D eigenvalue weighted by atomic mass is 35.5. The second-order valence-corrected chi connectivity index (χ2v) is 9.29. The van der Waals surface area contributed by atoms with Crippen LogP contribution < -0.4 is 0 Å². The lowest BCUT2D eigenvalue weighted by molar-refractivity contribution is -0.140. The van der Waals surface area contributed by atoms with Crippen molar-refractivity contribution in [2.24, 2.45) is 0 Å². The number of hydrogen-bond acceptors (Lipinski definition) is 4. The van der Waals surface area contributed by atoms with Crippen molar-refractivity contribution in [3.05, 3.63) is 29.3 Å². The number of nitrogens with zero attached hydrogens (tertiary/aromatic N) is 1. The SMILES string of the molecule is CC1CN(C(=O)C2(S(=O)(=O)c3ccc(Cl)cc3)CCCC2)CCO1. The van der Waals surface area contributed by atoms with Crippen LogP contribution in [0.2, 0.25) is 5.02 Å². The summed E-state index contributed by atoms with van der Waals surface area (Å²) < 4.78 is 30.8. The lowest BCUT2D eigenvalue weighted by Crippen LogP contribution is -2.56. The third-order valence-corrected chi connectivity index (χ3v) is 7.72. The smallest absolute Gasteiger partial charge is 0.244 e. The van der Waals surface area contributed by atoms with E-state index in [9.17, 15) is 13.2 Å². The summed E-state index contributed by atoms with van der Waals surface area (Å²) in [5, 5.41) is 0.475. The van der Waals surface area contributed by atoms with Gasteiger partial charge >= 0.3 is 0 Å². The minimum absolute atomic E-state index is 0.0700. The Hall–Kier alpha value is -1.11. The van der Waals surface area contributed by atoms with Gasteiger partial charge in [-0.15, -0.1) is 0 Å². The van der Waals surface area contributed by atoms with Gasteiger partial charge in [-0.2, -0.15) is 0 Å². The van der Waals surface area contributed by atoms with Gasteiger partial charge in [0.15, 0.2) is 14.6 Å². The number of carbonyl (C=O) groups is 1. The van der Waals surface area contributed by atoms with Gasteiger partial charge in [0.25, 0.3) is 0 Å². The summed E-state index contributed by atoms with van der Waals surface area (Å²) in [4.78, 5) is 15.0. The molecular formula is C17H22ClNO4S. The zero-order valence-electron chi connectivity index (χ0n) is 13.7. The van der Waals surface area contributed by atoms with Crippen LogP contribution >= 0.6 is 11.6 Å². The fourth-order valence-corrected chi connectivity index (χ4v) is 5.93. The molecule has 24 heavy (non-hydrogen) atoms. The molecule has 5 nitrogen and oxygen atoms in total. The molecule has 1 aromatic carbocycles. The Morgan fingerprint density at radius 1 is 1.25 bits per heavy atom. The molecular weight excluding hydrogens is 350 g/mol. The zero-order valence-corrected chi connectivity index (χ0v) is 15.3. The van der Waals surface area contributed by atoms with Crippen LogP contribution in [0.4, 0.5) is 0 Å². The molecule has 1 heterocycles. The van der Waals surface area contributed by atoms with Crippen molar-refractivity contribution in [2.45, 2.75) is 48.4 Å². The molecule has 1 aliphatic heterocycles. The van der Waals surface area contributed by atoms with Gasteiger partial charge in [0.05, 0.1) is 17.6 Å². The summed E-state index contributed by atoms with van der Waals surface area (Å²) in [6.07, 6.45) is 2.18. The molecule has 1 unspecified atom stereocenters. The van der Waals surface area contributed by atoms with E-state index in [1.807, 2.05) is 6.92 Å². The van der Waals surface area contributed by atoms with Crippen molar-refractivity contribution in [1.82, 2.24) is 4.90 Å². The van der Waals surface area contributed by atoms with Crippen molar-refractivity contribution in [2.75, 3.05) is 19.7 Å². The zero-order chi connectivity index (χ0) is 17.4. The van der Waals surface area contributed by atoms with Crippen LogP contribution in [0.1, 0.15) is 32.6 Å². The maximum atomic E-state index is 13.3. The van der Waals surface area contributed by atoms with Crippen molar-refractivity contribution in [1.29, 1.82) is 0 Å². The topological polar surface area (TPSA) is 63.7 Å². The minimum Gasteiger partial charge on any atom is -0.375 e. The molecule has 1 aliphatic carbocycles. The second-order valence-electron chi connectivity index (χ2n) is 6.59. The van der Waals surface area contributed by atoms with E-state index in [0.717, 1.165) is 12.8 Å². The van der Waals surface area contributed by atoms with Crippen LogP contribution in [0.3, 0.4) is 0 Å². The van der Waals surface area contributed by atoms with Gasteiger partial charge in [-0.1, -0.05) is 24.4 Å². The fourth-order valence-electron chi connectivity index (χ4n) is 3.67. The van der Waals surface area contributed by atoms with Gasteiger partial charge < -0.3 is 9.64 Å². The van der Waals surface area contributed by atoms with E-state index in [2.05, 4.69) is 0 Å². The number of amides is 1. The van der Waals surface area contributed by atoms with E-state index >= 15 is 0 Å². The number of halogens is 1. The molecule has 3 rings (SSSR count). The molecule has 132 valence electrons. The van der Waals surface area contributed by atoms with Crippen molar-refractivity contribution in [3.8, 4) is 0 Å². The van der Waals surface area contributed by atoms with Crippen LogP contribution in [0.5, 0.6) is 0 Å². The average Bonchev–Trinajstić information content (AvgIpc) is 3.06. The molecule has 0 radical (unpaired) electrons. The molecule has 7 heteroatoms. The predicted octanol–water partition coefficient (Wildman–Crippen LogP) is 2.67. The normalized spacial score (nSPS) is 24.1. The fraction of sp³-hybridized carbons (Fsp3) is 0.588. The number of rotatable bonds is 3. The molecule has 0 spiro atoms. The molecule has 0 aromatic heterocycles. The van der Waals surface area contributed by atoms with E-state index < -0.39 is 14.6 Å². The Morgan fingerprint density at radius 3 is 2.46 bits per heavy atom. The van der Waals surface area contributed by atoms with Crippen LogP contribution in [0.25, 0.3) is 0 Å². The molecule has 0 bridgehead atoms. The molecule has 0 N–H and O–H groups in total. The van der Waals surface area contributed by atoms with Gasteiger partial charge in [0.2, 0.25) is 5.91 Å². The van der Waals surface area contributed by atoms with Gasteiger partial charge in [-0.3, -0.25) is 4.79 Å². The first-order valence-electron chi connectivity index (χ1n) is 8.28. The van der Waals surface area contributed by atoms with E-state index in [-0.39, 0.29) is 16.9 Å². The molecule has 1 saturated carbocycles. The van der Waals surface area contributed by atoms with E-state index in [4.69, 9.17) is 16.3 Å². The minimum atomic E-state index is -3.77. The highest BCUT2D eigenvalue weighted by Crippen LogP contribution is 2.42. The Labute approximate surface area is 147 Å². The lowest BCUT2D eigenvalue weighted by atomic mass is 10.0. The number of ether oxygens (including phenoxy) is 1. The van der Waals surface area contributed by atoms with E-state index in [1.165, 1.54) is 12.1 Å². The molecule has 2 fully saturated rings. The molecule has 2 aliphatic rings. The number of morpholine rings is 1. The van der Waals surface area contributed by atoms with Crippen LogP contribution in [0.15, 0.2) is 29.2 Å². The van der Waals surface area contributed by atoms with E-state index in [0.29, 0.717) is 37.6 Å². The molecule has 1 atom stereocenters. The number of benzene rings is 1. The average molecular weight is 372 g/mol. The van der Waals surface area contributed by atoms with Gasteiger partial charge in [0, 0.05) is 18.1 Å². The van der Waals surface area contributed by atoms with Crippen LogP contribution in [-0.4, -0.2) is 49.8 Å². The first kappa shape index (κ1) is 17.7. The Bertz CT molecular complexity index is 711. The van der Waals surface area contributed by atoms with Crippen molar-refractivity contribution < 1.29 is 17.9 Å². The summed E-state index contributed by atoms with van der Waals surface area (Å²) in [6, 6.07) is 6.09. The summed E-state index contributed by atoms with van der Waals surface area (Å²) in [5.74, 6) is -0.273. The standard InChI is InChI=1S/C17H22ClNO4S/c1-13-12-19(10-11-23-13)16(20)17(8-2-3-9-17)24(21,22)15-6-4-14(18)5-7-15/h4-7,13H,2-3,8-12H2,1H3. The van der Waals surface area contributed by atoms with E-state index in [1.54, 1.807) is 17.0 Å². The largest absolute Gasteiger partial charge is 0.375 e. The summed E-state index contributed by atoms with van der Waals surface area (Å²) in [6.45, 7) is 3.23. The van der Waals surface area contributed by atoms with Gasteiger partial charge in [-0.05, 0) is 44.0 Å². The number of hydrogen-bond donors (Lipinski definition) is 0. The lowest BCUT2D eigenvalue weighted by Gasteiger charge is -2.37. The molecule has 1 saturated heterocycles. The highest BCUT2D eigenvalue weighted by Gasteiger charge is 2.54. The van der Waals surface area contributed by atoms with Crippen LogP contribution in [-0.2, 0) is 19.4 Å². The Morgan fingerprint density at radius 2 is 1.88 bits per heavy atom. The first-order valence-corrected chi connectivity index (χ1v) is 10.1. The first-order chi connectivity index (χ1) is 11.4. The number of carbonyl (C=O) groups excluding carboxylic acids is 1. The predicted molar refractivity (Wildman–Crippen MR) is 91.8 cm³/mol. The second kappa shape index (κ2) is 6.65. The van der Waals surface area contributed by atoms with Crippen molar-refractivity contribution >= 4 is 27.3 Å². The Balaban J connectivity index is 1.98. The summed E-state index contributed by atoms with van der Waals surface area (Å²) >= 11 is 5.87. The van der Waals surface area contributed by atoms with Gasteiger partial charge in [-0.25, -0.2) is 8.42 Å². The van der Waals surface area contributed by atoms with Crippen molar-refractivity contribution in [3.63, 3.8) is 0 Å².